The Bertz CT molecular complexity index is 1110. The number of benzene rings is 4. The molecule has 0 heterocycles. The van der Waals surface area contributed by atoms with Gasteiger partial charge in [0, 0.05) is 17.1 Å². The van der Waals surface area contributed by atoms with Crippen molar-refractivity contribution in [1.82, 2.24) is 0 Å². The highest BCUT2D eigenvalue weighted by molar-refractivity contribution is 5.89. The average Bonchev–Trinajstić information content (AvgIpc) is 2.79. The van der Waals surface area contributed by atoms with E-state index in [1.54, 1.807) is 0 Å². The molecule has 0 aromatic heterocycles. The van der Waals surface area contributed by atoms with Gasteiger partial charge in [0.05, 0.1) is 6.61 Å². The van der Waals surface area contributed by atoms with Gasteiger partial charge in [-0.3, -0.25) is 0 Å². The fraction of sp³-hybridized carbons (Fsp3) is 0.154. The lowest BCUT2D eigenvalue weighted by Crippen LogP contribution is -2.21. The standard InChI is InChI=1S/C26H25NO3/c1-19-6-9-22(10-7-19)27(24-11-8-20-4-2-3-5-21(20)16-24)23-12-14-26(15-13-23)30-18-25(29)17-28/h2-16,25,28-29H,17-18H2,1H3. The number of hydrogen-bond acceptors (Lipinski definition) is 4. The van der Waals surface area contributed by atoms with Crippen LogP contribution in [0.15, 0.2) is 91.0 Å². The number of nitrogens with zero attached hydrogens (tertiary/aromatic N) is 1. The Morgan fingerprint density at radius 2 is 1.37 bits per heavy atom. The number of anilines is 3. The van der Waals surface area contributed by atoms with Crippen molar-refractivity contribution in [2.45, 2.75) is 13.0 Å². The summed E-state index contributed by atoms with van der Waals surface area (Å²) in [4.78, 5) is 2.21. The summed E-state index contributed by atoms with van der Waals surface area (Å²) in [5.74, 6) is 0.647. The summed E-state index contributed by atoms with van der Waals surface area (Å²) in [5.41, 5.74) is 4.36. The van der Waals surface area contributed by atoms with Gasteiger partial charge >= 0.3 is 0 Å². The van der Waals surface area contributed by atoms with Crippen LogP contribution < -0.4 is 9.64 Å². The van der Waals surface area contributed by atoms with Gasteiger partial charge in [0.25, 0.3) is 0 Å². The van der Waals surface area contributed by atoms with E-state index in [1.807, 2.05) is 30.3 Å². The van der Waals surface area contributed by atoms with Crippen LogP contribution in [-0.4, -0.2) is 29.5 Å². The number of fused-ring (bicyclic) bond motifs is 1. The number of ether oxygens (including phenoxy) is 1. The SMILES string of the molecule is Cc1ccc(N(c2ccc(OCC(O)CO)cc2)c2ccc3ccccc3c2)cc1. The molecule has 0 saturated heterocycles. The molecule has 4 nitrogen and oxygen atoms in total. The zero-order chi connectivity index (χ0) is 20.9. The van der Waals surface area contributed by atoms with E-state index in [0.717, 1.165) is 17.1 Å². The summed E-state index contributed by atoms with van der Waals surface area (Å²) in [7, 11) is 0. The number of aliphatic hydroxyl groups excluding tert-OH is 2. The molecule has 0 spiro atoms. The first-order chi connectivity index (χ1) is 14.6. The topological polar surface area (TPSA) is 52.9 Å². The second kappa shape index (κ2) is 8.99. The Morgan fingerprint density at radius 1 is 0.767 bits per heavy atom. The fourth-order valence-corrected chi connectivity index (χ4v) is 3.39. The minimum atomic E-state index is -0.883. The Kier molecular flexibility index (Phi) is 5.98. The van der Waals surface area contributed by atoms with E-state index in [1.165, 1.54) is 16.3 Å². The smallest absolute Gasteiger partial charge is 0.119 e. The van der Waals surface area contributed by atoms with Crippen molar-refractivity contribution in [3.8, 4) is 5.75 Å². The second-order valence-electron chi connectivity index (χ2n) is 7.34. The molecule has 1 atom stereocenters. The van der Waals surface area contributed by atoms with Crippen LogP contribution in [0.2, 0.25) is 0 Å². The van der Waals surface area contributed by atoms with Crippen LogP contribution in [0.1, 0.15) is 5.56 Å². The maximum absolute atomic E-state index is 9.49. The van der Waals surface area contributed by atoms with Crippen LogP contribution >= 0.6 is 0 Å². The molecule has 0 fully saturated rings. The van der Waals surface area contributed by atoms with Gasteiger partial charge in [-0.05, 0) is 66.2 Å². The summed E-state index contributed by atoms with van der Waals surface area (Å²) >= 11 is 0. The molecule has 1 unspecified atom stereocenters. The van der Waals surface area contributed by atoms with E-state index in [2.05, 4.69) is 72.5 Å². The molecule has 4 aromatic carbocycles. The van der Waals surface area contributed by atoms with E-state index in [4.69, 9.17) is 9.84 Å². The van der Waals surface area contributed by atoms with Gasteiger partial charge in [0.2, 0.25) is 0 Å². The first-order valence-corrected chi connectivity index (χ1v) is 10.0. The van der Waals surface area contributed by atoms with E-state index < -0.39 is 6.10 Å². The van der Waals surface area contributed by atoms with Crippen LogP contribution in [-0.2, 0) is 0 Å². The molecule has 0 aliphatic carbocycles. The summed E-state index contributed by atoms with van der Waals surface area (Å²) < 4.78 is 5.55. The number of rotatable bonds is 7. The molecule has 0 amide bonds. The van der Waals surface area contributed by atoms with Crippen molar-refractivity contribution >= 4 is 27.8 Å². The molecule has 4 aromatic rings. The van der Waals surface area contributed by atoms with Crippen molar-refractivity contribution in [2.24, 2.45) is 0 Å². The highest BCUT2D eigenvalue weighted by atomic mass is 16.5. The first kappa shape index (κ1) is 20.0. The summed E-state index contributed by atoms with van der Waals surface area (Å²) in [6, 6.07) is 31.0. The summed E-state index contributed by atoms with van der Waals surface area (Å²) in [5, 5.41) is 20.8. The number of aliphatic hydroxyl groups is 2. The molecule has 152 valence electrons. The normalized spacial score (nSPS) is 12.0. The van der Waals surface area contributed by atoms with Crippen molar-refractivity contribution < 1.29 is 14.9 Å². The average molecular weight is 399 g/mol. The third-order valence-electron chi connectivity index (χ3n) is 5.03. The lowest BCUT2D eigenvalue weighted by atomic mass is 10.1. The van der Waals surface area contributed by atoms with Gasteiger partial charge in [0.15, 0.2) is 0 Å². The fourth-order valence-electron chi connectivity index (χ4n) is 3.39. The van der Waals surface area contributed by atoms with Crippen molar-refractivity contribution in [2.75, 3.05) is 18.1 Å². The van der Waals surface area contributed by atoms with Crippen molar-refractivity contribution in [3.05, 3.63) is 96.6 Å². The van der Waals surface area contributed by atoms with Gasteiger partial charge in [-0.1, -0.05) is 48.0 Å². The zero-order valence-corrected chi connectivity index (χ0v) is 16.9. The van der Waals surface area contributed by atoms with Crippen LogP contribution in [0.4, 0.5) is 17.1 Å². The van der Waals surface area contributed by atoms with Gasteiger partial charge in [-0.2, -0.15) is 0 Å². The Balaban J connectivity index is 1.71. The molecular weight excluding hydrogens is 374 g/mol. The summed E-state index contributed by atoms with van der Waals surface area (Å²) in [6.07, 6.45) is -0.883. The van der Waals surface area contributed by atoms with Crippen LogP contribution in [0.25, 0.3) is 10.8 Å². The van der Waals surface area contributed by atoms with E-state index in [9.17, 15) is 5.11 Å². The third kappa shape index (κ3) is 4.46. The molecule has 0 saturated carbocycles. The molecule has 4 rings (SSSR count). The molecule has 30 heavy (non-hydrogen) atoms. The molecular formula is C26H25NO3. The highest BCUT2D eigenvalue weighted by Gasteiger charge is 2.13. The Labute approximate surface area is 176 Å². The molecule has 0 bridgehead atoms. The largest absolute Gasteiger partial charge is 0.491 e. The Hall–Kier alpha value is -3.34. The van der Waals surface area contributed by atoms with Crippen LogP contribution in [0, 0.1) is 6.92 Å². The third-order valence-corrected chi connectivity index (χ3v) is 5.03. The highest BCUT2D eigenvalue weighted by Crippen LogP contribution is 2.36. The maximum atomic E-state index is 9.49. The lowest BCUT2D eigenvalue weighted by Gasteiger charge is -2.26. The monoisotopic (exact) mass is 399 g/mol. The number of hydrogen-bond donors (Lipinski definition) is 2. The molecule has 0 aliphatic rings. The minimum absolute atomic E-state index is 0.0577. The van der Waals surface area contributed by atoms with Gasteiger partial charge < -0.3 is 19.8 Å². The lowest BCUT2D eigenvalue weighted by molar-refractivity contribution is 0.0536. The second-order valence-corrected chi connectivity index (χ2v) is 7.34. The quantitative estimate of drug-likeness (QED) is 0.440. The Morgan fingerprint density at radius 3 is 2.03 bits per heavy atom. The molecule has 4 heteroatoms. The predicted molar refractivity (Wildman–Crippen MR) is 122 cm³/mol. The maximum Gasteiger partial charge on any atom is 0.119 e. The zero-order valence-electron chi connectivity index (χ0n) is 16.9. The number of aryl methyl sites for hydroxylation is 1. The van der Waals surface area contributed by atoms with Gasteiger partial charge in [-0.25, -0.2) is 0 Å². The van der Waals surface area contributed by atoms with Gasteiger partial charge in [0.1, 0.15) is 18.5 Å². The van der Waals surface area contributed by atoms with E-state index in [0.29, 0.717) is 5.75 Å². The minimum Gasteiger partial charge on any atom is -0.491 e. The molecule has 0 aliphatic heterocycles. The summed E-state index contributed by atoms with van der Waals surface area (Å²) in [6.45, 7) is 1.82. The predicted octanol–water partition coefficient (Wildman–Crippen LogP) is 5.35. The van der Waals surface area contributed by atoms with Crippen molar-refractivity contribution in [1.29, 1.82) is 0 Å². The molecule has 2 N–H and O–H groups in total. The van der Waals surface area contributed by atoms with Crippen molar-refractivity contribution in [3.63, 3.8) is 0 Å². The first-order valence-electron chi connectivity index (χ1n) is 10.0. The van der Waals surface area contributed by atoms with E-state index >= 15 is 0 Å². The van der Waals surface area contributed by atoms with Gasteiger partial charge in [-0.15, -0.1) is 0 Å². The molecule has 0 radical (unpaired) electrons. The van der Waals surface area contributed by atoms with Crippen LogP contribution in [0.5, 0.6) is 5.75 Å². The van der Waals surface area contributed by atoms with E-state index in [-0.39, 0.29) is 13.2 Å². The van der Waals surface area contributed by atoms with Crippen LogP contribution in [0.3, 0.4) is 0 Å².